The maximum absolute atomic E-state index is 9.18. The lowest BCUT2D eigenvalue weighted by Gasteiger charge is -2.06. The van der Waals surface area contributed by atoms with E-state index in [2.05, 4.69) is 15.3 Å². The predicted molar refractivity (Wildman–Crippen MR) is 74.1 cm³/mol. The molecule has 2 rings (SSSR count). The molecule has 0 amide bonds. The number of hydrogen-bond acceptors (Lipinski definition) is 5. The van der Waals surface area contributed by atoms with Crippen molar-refractivity contribution in [2.75, 3.05) is 18.1 Å². The lowest BCUT2D eigenvalue weighted by Crippen LogP contribution is -2.06. The number of thioether (sulfide) groups is 1. The van der Waals surface area contributed by atoms with Crippen LogP contribution in [0.3, 0.4) is 0 Å². The third-order valence-corrected chi connectivity index (χ3v) is 3.15. The molecule has 0 aliphatic carbocycles. The van der Waals surface area contributed by atoms with Crippen LogP contribution < -0.4 is 5.32 Å². The lowest BCUT2D eigenvalue weighted by molar-refractivity contribution is 0.475. The number of rotatable bonds is 5. The maximum atomic E-state index is 9.18. The van der Waals surface area contributed by atoms with Crippen LogP contribution in [0.5, 0.6) is 5.75 Å². The number of phenols is 1. The van der Waals surface area contributed by atoms with Crippen molar-refractivity contribution >= 4 is 17.6 Å². The monoisotopic (exact) mass is 261 g/mol. The molecule has 0 radical (unpaired) electrons. The van der Waals surface area contributed by atoms with Gasteiger partial charge < -0.3 is 10.4 Å². The van der Waals surface area contributed by atoms with Gasteiger partial charge in [-0.15, -0.1) is 11.8 Å². The Morgan fingerprint density at radius 3 is 2.72 bits per heavy atom. The standard InChI is InChI=1S/C13H15N3OS/c1-18-13-8-12(15-9-16-13)14-7-6-10-2-4-11(17)5-3-10/h2-5,8-9,17H,6-7H2,1H3,(H,14,15,16). The molecule has 0 saturated heterocycles. The van der Waals surface area contributed by atoms with Crippen molar-refractivity contribution in [2.24, 2.45) is 0 Å². The Morgan fingerprint density at radius 1 is 1.22 bits per heavy atom. The van der Waals surface area contributed by atoms with Crippen molar-refractivity contribution in [3.8, 4) is 5.75 Å². The summed E-state index contributed by atoms with van der Waals surface area (Å²) in [5, 5.41) is 13.4. The van der Waals surface area contributed by atoms with Crippen molar-refractivity contribution in [3.63, 3.8) is 0 Å². The molecule has 1 aromatic heterocycles. The summed E-state index contributed by atoms with van der Waals surface area (Å²) in [6.07, 6.45) is 4.44. The first-order valence-electron chi connectivity index (χ1n) is 5.66. The lowest BCUT2D eigenvalue weighted by atomic mass is 10.1. The molecular weight excluding hydrogens is 246 g/mol. The minimum atomic E-state index is 0.298. The fourth-order valence-electron chi connectivity index (χ4n) is 1.55. The third kappa shape index (κ3) is 3.63. The predicted octanol–water partition coefficient (Wildman–Crippen LogP) is 2.56. The van der Waals surface area contributed by atoms with Crippen molar-refractivity contribution in [3.05, 3.63) is 42.2 Å². The first-order valence-corrected chi connectivity index (χ1v) is 6.88. The first kappa shape index (κ1) is 12.7. The second-order valence-corrected chi connectivity index (χ2v) is 4.62. The summed E-state index contributed by atoms with van der Waals surface area (Å²) < 4.78 is 0. The molecule has 0 bridgehead atoms. The van der Waals surface area contributed by atoms with Crippen molar-refractivity contribution in [1.29, 1.82) is 0 Å². The summed E-state index contributed by atoms with van der Waals surface area (Å²) in [5.74, 6) is 1.14. The number of benzene rings is 1. The van der Waals surface area contributed by atoms with E-state index in [0.29, 0.717) is 5.75 Å². The summed E-state index contributed by atoms with van der Waals surface area (Å²) in [4.78, 5) is 8.27. The molecule has 1 heterocycles. The Labute approximate surface area is 110 Å². The largest absolute Gasteiger partial charge is 0.508 e. The van der Waals surface area contributed by atoms with Crippen molar-refractivity contribution in [1.82, 2.24) is 9.97 Å². The minimum absolute atomic E-state index is 0.298. The van der Waals surface area contributed by atoms with E-state index in [1.165, 1.54) is 5.56 Å². The zero-order chi connectivity index (χ0) is 12.8. The van der Waals surface area contributed by atoms with E-state index in [0.717, 1.165) is 23.8 Å². The quantitative estimate of drug-likeness (QED) is 0.640. The molecule has 0 aliphatic rings. The van der Waals surface area contributed by atoms with Gasteiger partial charge >= 0.3 is 0 Å². The molecule has 0 atom stereocenters. The fourth-order valence-corrected chi connectivity index (χ4v) is 1.93. The summed E-state index contributed by atoms with van der Waals surface area (Å²) in [6, 6.07) is 9.17. The number of nitrogens with one attached hydrogen (secondary N) is 1. The average Bonchev–Trinajstić information content (AvgIpc) is 2.41. The van der Waals surface area contributed by atoms with E-state index >= 15 is 0 Å². The van der Waals surface area contributed by atoms with Crippen LogP contribution in [0.4, 0.5) is 5.82 Å². The van der Waals surface area contributed by atoms with Crippen LogP contribution >= 0.6 is 11.8 Å². The molecule has 4 nitrogen and oxygen atoms in total. The summed E-state index contributed by atoms with van der Waals surface area (Å²) in [5.41, 5.74) is 1.18. The molecule has 0 unspecified atom stereocenters. The molecule has 5 heteroatoms. The summed E-state index contributed by atoms with van der Waals surface area (Å²) in [7, 11) is 0. The second kappa shape index (κ2) is 6.26. The molecule has 94 valence electrons. The number of aromatic nitrogens is 2. The Hall–Kier alpha value is -1.75. The van der Waals surface area contributed by atoms with Crippen LogP contribution in [0.2, 0.25) is 0 Å². The van der Waals surface area contributed by atoms with Crippen molar-refractivity contribution in [2.45, 2.75) is 11.4 Å². The smallest absolute Gasteiger partial charge is 0.130 e. The van der Waals surface area contributed by atoms with Crippen LogP contribution in [0.1, 0.15) is 5.56 Å². The van der Waals surface area contributed by atoms with Gasteiger partial charge in [0, 0.05) is 12.6 Å². The number of hydrogen-bond donors (Lipinski definition) is 2. The van der Waals surface area contributed by atoms with Gasteiger partial charge in [-0.1, -0.05) is 12.1 Å². The van der Waals surface area contributed by atoms with Gasteiger partial charge in [-0.2, -0.15) is 0 Å². The molecule has 0 aliphatic heterocycles. The molecule has 2 aromatic rings. The minimum Gasteiger partial charge on any atom is -0.508 e. The van der Waals surface area contributed by atoms with Crippen LogP contribution in [-0.2, 0) is 6.42 Å². The Morgan fingerprint density at radius 2 is 2.00 bits per heavy atom. The molecule has 0 fully saturated rings. The maximum Gasteiger partial charge on any atom is 0.130 e. The Balaban J connectivity index is 1.86. The highest BCUT2D eigenvalue weighted by Crippen LogP contribution is 2.14. The van der Waals surface area contributed by atoms with Gasteiger partial charge in [-0.05, 0) is 30.4 Å². The zero-order valence-corrected chi connectivity index (χ0v) is 10.9. The molecule has 1 aromatic carbocycles. The first-order chi connectivity index (χ1) is 8.78. The van der Waals surface area contributed by atoms with Gasteiger partial charge in [0.25, 0.3) is 0 Å². The third-order valence-electron chi connectivity index (χ3n) is 2.51. The van der Waals surface area contributed by atoms with Gasteiger partial charge in [0.2, 0.25) is 0 Å². The van der Waals surface area contributed by atoms with E-state index in [4.69, 9.17) is 0 Å². The van der Waals surface area contributed by atoms with E-state index in [9.17, 15) is 5.11 Å². The molecule has 2 N–H and O–H groups in total. The highest BCUT2D eigenvalue weighted by Gasteiger charge is 1.98. The number of aromatic hydroxyl groups is 1. The highest BCUT2D eigenvalue weighted by atomic mass is 32.2. The summed E-state index contributed by atoms with van der Waals surface area (Å²) in [6.45, 7) is 0.801. The van der Waals surface area contributed by atoms with E-state index in [1.807, 2.05) is 24.5 Å². The number of phenolic OH excluding ortho intramolecular Hbond substituents is 1. The highest BCUT2D eigenvalue weighted by molar-refractivity contribution is 7.98. The van der Waals surface area contributed by atoms with Gasteiger partial charge in [0.1, 0.15) is 22.9 Å². The molecule has 18 heavy (non-hydrogen) atoms. The van der Waals surface area contributed by atoms with E-state index in [-0.39, 0.29) is 0 Å². The van der Waals surface area contributed by atoms with Crippen molar-refractivity contribution < 1.29 is 5.11 Å². The van der Waals surface area contributed by atoms with Gasteiger partial charge in [0.05, 0.1) is 0 Å². The number of anilines is 1. The van der Waals surface area contributed by atoms with Gasteiger partial charge in [0.15, 0.2) is 0 Å². The SMILES string of the molecule is CSc1cc(NCCc2ccc(O)cc2)ncn1. The Kier molecular flexibility index (Phi) is 4.41. The van der Waals surface area contributed by atoms with Crippen LogP contribution in [0.15, 0.2) is 41.7 Å². The van der Waals surface area contributed by atoms with Gasteiger partial charge in [-0.3, -0.25) is 0 Å². The fraction of sp³-hybridized carbons (Fsp3) is 0.231. The topological polar surface area (TPSA) is 58.0 Å². The molecule has 0 saturated carbocycles. The van der Waals surface area contributed by atoms with E-state index in [1.54, 1.807) is 30.2 Å². The van der Waals surface area contributed by atoms with Crippen LogP contribution in [-0.4, -0.2) is 27.9 Å². The zero-order valence-electron chi connectivity index (χ0n) is 10.1. The second-order valence-electron chi connectivity index (χ2n) is 3.79. The van der Waals surface area contributed by atoms with Crippen LogP contribution in [0, 0.1) is 0 Å². The Bertz CT molecular complexity index is 502. The summed E-state index contributed by atoms with van der Waals surface area (Å²) >= 11 is 1.60. The average molecular weight is 261 g/mol. The normalized spacial score (nSPS) is 10.3. The molecule has 0 spiro atoms. The molecular formula is C13H15N3OS. The van der Waals surface area contributed by atoms with Gasteiger partial charge in [-0.25, -0.2) is 9.97 Å². The van der Waals surface area contributed by atoms with Crippen LogP contribution in [0.25, 0.3) is 0 Å². The number of nitrogens with zero attached hydrogens (tertiary/aromatic N) is 2. The van der Waals surface area contributed by atoms with E-state index < -0.39 is 0 Å².